The van der Waals surface area contributed by atoms with Gasteiger partial charge < -0.3 is 4.57 Å². The molecule has 1 heterocycles. The summed E-state index contributed by atoms with van der Waals surface area (Å²) in [6, 6.07) is 16.7. The zero-order valence-electron chi connectivity index (χ0n) is 13.0. The van der Waals surface area contributed by atoms with Crippen LogP contribution >= 0.6 is 11.6 Å². The molecule has 4 nitrogen and oxygen atoms in total. The van der Waals surface area contributed by atoms with E-state index in [9.17, 15) is 10.1 Å². The fourth-order valence-corrected chi connectivity index (χ4v) is 2.69. The van der Waals surface area contributed by atoms with Crippen LogP contribution in [0, 0.1) is 11.3 Å². The highest BCUT2D eigenvalue weighted by molar-refractivity contribution is 6.52. The lowest BCUT2D eigenvalue weighted by atomic mass is 10.1. The molecular formula is C19H14ClN3O. The van der Waals surface area contributed by atoms with Crippen molar-refractivity contribution in [3.8, 4) is 6.07 Å². The summed E-state index contributed by atoms with van der Waals surface area (Å²) in [5, 5.41) is 10.8. The van der Waals surface area contributed by atoms with E-state index in [2.05, 4.69) is 4.99 Å². The van der Waals surface area contributed by atoms with Crippen LogP contribution in [-0.4, -0.2) is 16.1 Å². The van der Waals surface area contributed by atoms with E-state index >= 15 is 0 Å². The van der Waals surface area contributed by atoms with E-state index in [1.165, 1.54) is 0 Å². The molecule has 1 aromatic heterocycles. The Hall–Kier alpha value is -2.90. The van der Waals surface area contributed by atoms with Crippen LogP contribution in [0.3, 0.4) is 0 Å². The number of aryl methyl sites for hydroxylation is 1. The maximum atomic E-state index is 12.7. The van der Waals surface area contributed by atoms with Crippen LogP contribution in [0.1, 0.15) is 15.9 Å². The Morgan fingerprint density at radius 2 is 1.92 bits per heavy atom. The van der Waals surface area contributed by atoms with Gasteiger partial charge in [0.25, 0.3) is 0 Å². The summed E-state index contributed by atoms with van der Waals surface area (Å²) in [5.74, 6) is -0.358. The molecule has 0 fully saturated rings. The third-order valence-corrected chi connectivity index (χ3v) is 4.05. The normalized spacial score (nSPS) is 11.5. The number of nitriles is 1. The molecule has 0 unspecified atom stereocenters. The Labute approximate surface area is 144 Å². The Kier molecular flexibility index (Phi) is 4.45. The lowest BCUT2D eigenvalue weighted by molar-refractivity contribution is 0.106. The van der Waals surface area contributed by atoms with Crippen molar-refractivity contribution in [3.63, 3.8) is 0 Å². The second-order valence-corrected chi connectivity index (χ2v) is 5.84. The van der Waals surface area contributed by atoms with E-state index in [1.807, 2.05) is 54.1 Å². The average Bonchev–Trinajstić information content (AvgIpc) is 2.94. The topological polar surface area (TPSA) is 58.1 Å². The number of carbonyl (C=O) groups is 1. The zero-order valence-corrected chi connectivity index (χ0v) is 13.8. The molecule has 118 valence electrons. The summed E-state index contributed by atoms with van der Waals surface area (Å²) in [5.41, 5.74) is 2.22. The van der Waals surface area contributed by atoms with Crippen LogP contribution in [0.15, 0.2) is 59.7 Å². The maximum absolute atomic E-state index is 12.7. The van der Waals surface area contributed by atoms with Crippen molar-refractivity contribution >= 4 is 34.0 Å². The number of aromatic nitrogens is 1. The molecule has 0 atom stereocenters. The molecule has 0 amide bonds. The first-order valence-electron chi connectivity index (χ1n) is 7.38. The van der Waals surface area contributed by atoms with Gasteiger partial charge in [0.1, 0.15) is 6.07 Å². The largest absolute Gasteiger partial charge is 0.350 e. The third-order valence-electron chi connectivity index (χ3n) is 3.80. The zero-order chi connectivity index (χ0) is 17.1. The molecule has 0 spiro atoms. The first-order valence-corrected chi connectivity index (χ1v) is 7.75. The number of benzene rings is 2. The molecule has 0 N–H and O–H groups in total. The number of carbonyl (C=O) groups excluding carboxylic acids is 1. The SMILES string of the molecule is Cn1cc(C(=O)C(C#N)=NCc2ccc(Cl)cc2)c2ccccc21. The summed E-state index contributed by atoms with van der Waals surface area (Å²) >= 11 is 5.85. The van der Waals surface area contributed by atoms with Gasteiger partial charge in [0.2, 0.25) is 5.78 Å². The summed E-state index contributed by atoms with van der Waals surface area (Å²) in [6.45, 7) is 0.260. The molecule has 0 aliphatic carbocycles. The van der Waals surface area contributed by atoms with Crippen LogP contribution in [0.4, 0.5) is 0 Å². The monoisotopic (exact) mass is 335 g/mol. The summed E-state index contributed by atoms with van der Waals surface area (Å²) in [6.07, 6.45) is 1.74. The van der Waals surface area contributed by atoms with Gasteiger partial charge in [0, 0.05) is 29.2 Å². The van der Waals surface area contributed by atoms with Gasteiger partial charge in [-0.15, -0.1) is 0 Å². The van der Waals surface area contributed by atoms with Gasteiger partial charge in [-0.3, -0.25) is 9.79 Å². The Morgan fingerprint density at radius 1 is 1.21 bits per heavy atom. The summed E-state index contributed by atoms with van der Waals surface area (Å²) in [4.78, 5) is 16.9. The molecule has 0 radical (unpaired) electrons. The lowest BCUT2D eigenvalue weighted by Gasteiger charge is -1.99. The third kappa shape index (κ3) is 3.08. The molecule has 0 aliphatic heterocycles. The molecule has 5 heteroatoms. The van der Waals surface area contributed by atoms with Gasteiger partial charge in [-0.05, 0) is 23.8 Å². The molecule has 0 saturated heterocycles. The minimum Gasteiger partial charge on any atom is -0.350 e. The number of hydrogen-bond donors (Lipinski definition) is 0. The van der Waals surface area contributed by atoms with E-state index in [-0.39, 0.29) is 18.0 Å². The van der Waals surface area contributed by atoms with Crippen molar-refractivity contribution in [3.05, 3.63) is 70.9 Å². The van der Waals surface area contributed by atoms with Crippen molar-refractivity contribution < 1.29 is 4.79 Å². The van der Waals surface area contributed by atoms with E-state index in [4.69, 9.17) is 11.6 Å². The standard InChI is InChI=1S/C19H14ClN3O/c1-23-12-16(15-4-2-3-5-18(15)23)19(24)17(10-21)22-11-13-6-8-14(20)9-7-13/h2-9,12H,11H2,1H3. The van der Waals surface area contributed by atoms with E-state index in [0.717, 1.165) is 16.5 Å². The number of fused-ring (bicyclic) bond motifs is 1. The summed E-state index contributed by atoms with van der Waals surface area (Å²) < 4.78 is 1.87. The van der Waals surface area contributed by atoms with E-state index < -0.39 is 0 Å². The van der Waals surface area contributed by atoms with Gasteiger partial charge in [0.05, 0.1) is 12.1 Å². The predicted molar refractivity (Wildman–Crippen MR) is 95.5 cm³/mol. The van der Waals surface area contributed by atoms with Crippen molar-refractivity contribution in [2.24, 2.45) is 12.0 Å². The van der Waals surface area contributed by atoms with Crippen LogP contribution in [0.25, 0.3) is 10.9 Å². The van der Waals surface area contributed by atoms with Gasteiger partial charge in [-0.25, -0.2) is 0 Å². The van der Waals surface area contributed by atoms with Crippen LogP contribution in [0.5, 0.6) is 0 Å². The minimum atomic E-state index is -0.358. The van der Waals surface area contributed by atoms with Crippen LogP contribution in [0.2, 0.25) is 5.02 Å². The highest BCUT2D eigenvalue weighted by Crippen LogP contribution is 2.21. The molecule has 0 bridgehead atoms. The second kappa shape index (κ2) is 6.69. The Morgan fingerprint density at radius 3 is 2.62 bits per heavy atom. The van der Waals surface area contributed by atoms with Crippen molar-refractivity contribution in [1.82, 2.24) is 4.57 Å². The van der Waals surface area contributed by atoms with Gasteiger partial charge >= 0.3 is 0 Å². The maximum Gasteiger partial charge on any atom is 0.223 e. The number of halogens is 1. The molecular weight excluding hydrogens is 322 g/mol. The number of Topliss-reactive ketones (excluding diaryl/α,β-unsaturated/α-hetero) is 1. The smallest absolute Gasteiger partial charge is 0.223 e. The number of para-hydroxylation sites is 1. The fraction of sp³-hybridized carbons (Fsp3) is 0.105. The minimum absolute atomic E-state index is 0.0960. The first-order chi connectivity index (χ1) is 11.6. The number of aliphatic imine (C=N–C) groups is 1. The second-order valence-electron chi connectivity index (χ2n) is 5.40. The van der Waals surface area contributed by atoms with Crippen LogP contribution < -0.4 is 0 Å². The lowest BCUT2D eigenvalue weighted by Crippen LogP contribution is -2.12. The number of ketones is 1. The highest BCUT2D eigenvalue weighted by Gasteiger charge is 2.18. The Bertz CT molecular complexity index is 978. The number of nitrogens with zero attached hydrogens (tertiary/aromatic N) is 3. The fourth-order valence-electron chi connectivity index (χ4n) is 2.57. The van der Waals surface area contributed by atoms with Crippen molar-refractivity contribution in [2.75, 3.05) is 0 Å². The Balaban J connectivity index is 1.92. The average molecular weight is 336 g/mol. The molecule has 24 heavy (non-hydrogen) atoms. The number of hydrogen-bond acceptors (Lipinski definition) is 3. The van der Waals surface area contributed by atoms with Gasteiger partial charge in [0.15, 0.2) is 5.71 Å². The van der Waals surface area contributed by atoms with E-state index in [0.29, 0.717) is 10.6 Å². The molecule has 3 aromatic rings. The number of rotatable bonds is 4. The van der Waals surface area contributed by atoms with Crippen molar-refractivity contribution in [2.45, 2.75) is 6.54 Å². The summed E-state index contributed by atoms with van der Waals surface area (Å²) in [7, 11) is 1.87. The van der Waals surface area contributed by atoms with Gasteiger partial charge in [-0.1, -0.05) is 41.9 Å². The predicted octanol–water partition coefficient (Wildman–Crippen LogP) is 4.18. The molecule has 3 rings (SSSR count). The first kappa shape index (κ1) is 16.0. The quantitative estimate of drug-likeness (QED) is 0.530. The van der Waals surface area contributed by atoms with E-state index in [1.54, 1.807) is 18.3 Å². The molecule has 2 aromatic carbocycles. The molecule has 0 aliphatic rings. The van der Waals surface area contributed by atoms with Crippen LogP contribution in [-0.2, 0) is 13.6 Å². The highest BCUT2D eigenvalue weighted by atomic mass is 35.5. The van der Waals surface area contributed by atoms with Gasteiger partial charge in [-0.2, -0.15) is 5.26 Å². The van der Waals surface area contributed by atoms with Crippen molar-refractivity contribution in [1.29, 1.82) is 5.26 Å². The molecule has 0 saturated carbocycles.